The van der Waals surface area contributed by atoms with Crippen LogP contribution in [0.3, 0.4) is 0 Å². The molecular formula is C21H17N2O+. The van der Waals surface area contributed by atoms with Gasteiger partial charge in [0.15, 0.2) is 6.20 Å². The summed E-state index contributed by atoms with van der Waals surface area (Å²) in [5.74, 6) is 0. The molecule has 0 N–H and O–H groups in total. The number of fused-ring (bicyclic) bond motifs is 3. The van der Waals surface area contributed by atoms with Crippen molar-refractivity contribution in [2.75, 3.05) is 0 Å². The molecule has 24 heavy (non-hydrogen) atoms. The number of aryl methyl sites for hydroxylation is 3. The van der Waals surface area contributed by atoms with Crippen molar-refractivity contribution in [3.8, 4) is 17.3 Å². The third-order valence-electron chi connectivity index (χ3n) is 4.61. The number of pyridine rings is 1. The maximum Gasteiger partial charge on any atom is 0.212 e. The predicted octanol–water partition coefficient (Wildman–Crippen LogP) is 4.57. The molecule has 0 saturated heterocycles. The van der Waals surface area contributed by atoms with E-state index in [1.54, 1.807) is 0 Å². The van der Waals surface area contributed by atoms with Crippen molar-refractivity contribution in [1.82, 2.24) is 0 Å². The van der Waals surface area contributed by atoms with E-state index in [0.717, 1.165) is 44.3 Å². The number of benzene rings is 2. The molecule has 0 aliphatic rings. The van der Waals surface area contributed by atoms with E-state index in [2.05, 4.69) is 35.8 Å². The molecule has 3 nitrogen and oxygen atoms in total. The lowest BCUT2D eigenvalue weighted by Crippen LogP contribution is -2.30. The molecule has 116 valence electrons. The number of nitriles is 1. The highest BCUT2D eigenvalue weighted by atomic mass is 16.3. The first-order chi connectivity index (χ1) is 11.6. The number of aromatic nitrogens is 1. The highest BCUT2D eigenvalue weighted by Gasteiger charge is 2.18. The average molecular weight is 313 g/mol. The Balaban J connectivity index is 2.15. The van der Waals surface area contributed by atoms with Crippen LogP contribution < -0.4 is 4.57 Å². The summed E-state index contributed by atoms with van der Waals surface area (Å²) in [6.45, 7) is 4.10. The highest BCUT2D eigenvalue weighted by Crippen LogP contribution is 2.36. The number of furan rings is 1. The second-order valence-electron chi connectivity index (χ2n) is 6.21. The summed E-state index contributed by atoms with van der Waals surface area (Å²) < 4.78 is 8.17. The monoisotopic (exact) mass is 313 g/mol. The Hall–Kier alpha value is -3.12. The zero-order valence-electron chi connectivity index (χ0n) is 13.9. The Morgan fingerprint density at radius 3 is 2.62 bits per heavy atom. The molecule has 0 spiro atoms. The Bertz CT molecular complexity index is 1150. The maximum atomic E-state index is 9.49. The van der Waals surface area contributed by atoms with E-state index in [0.29, 0.717) is 5.56 Å². The van der Waals surface area contributed by atoms with Gasteiger partial charge >= 0.3 is 0 Å². The summed E-state index contributed by atoms with van der Waals surface area (Å²) in [5.41, 5.74) is 6.77. The minimum Gasteiger partial charge on any atom is -0.456 e. The van der Waals surface area contributed by atoms with Crippen LogP contribution in [0, 0.1) is 25.2 Å². The van der Waals surface area contributed by atoms with Crippen LogP contribution in [-0.2, 0) is 7.05 Å². The van der Waals surface area contributed by atoms with Gasteiger partial charge in [0.2, 0.25) is 5.69 Å². The minimum atomic E-state index is 0.654. The molecule has 0 saturated carbocycles. The summed E-state index contributed by atoms with van der Waals surface area (Å²) in [4.78, 5) is 0. The lowest BCUT2D eigenvalue weighted by atomic mass is 9.99. The van der Waals surface area contributed by atoms with Crippen LogP contribution in [0.5, 0.6) is 0 Å². The summed E-state index contributed by atoms with van der Waals surface area (Å²) >= 11 is 0. The molecule has 0 fully saturated rings. The zero-order chi connectivity index (χ0) is 16.8. The average Bonchev–Trinajstić information content (AvgIpc) is 2.94. The van der Waals surface area contributed by atoms with Crippen LogP contribution in [0.4, 0.5) is 0 Å². The first kappa shape index (κ1) is 14.5. The SMILES string of the molecule is Cc1cc2oc3c(C)ccc(C#N)c3c2cc1-c1cccc[n+]1C. The zero-order valence-corrected chi connectivity index (χ0v) is 13.9. The van der Waals surface area contributed by atoms with Gasteiger partial charge in [-0.05, 0) is 49.2 Å². The van der Waals surface area contributed by atoms with E-state index in [4.69, 9.17) is 4.42 Å². The van der Waals surface area contributed by atoms with Crippen LogP contribution >= 0.6 is 0 Å². The smallest absolute Gasteiger partial charge is 0.212 e. The molecule has 0 bridgehead atoms. The van der Waals surface area contributed by atoms with Gasteiger partial charge in [-0.3, -0.25) is 0 Å². The Morgan fingerprint density at radius 2 is 1.88 bits per heavy atom. The normalized spacial score (nSPS) is 11.1. The topological polar surface area (TPSA) is 40.8 Å². The van der Waals surface area contributed by atoms with Crippen LogP contribution in [0.25, 0.3) is 33.2 Å². The lowest BCUT2D eigenvalue weighted by molar-refractivity contribution is -0.660. The molecule has 3 heteroatoms. The van der Waals surface area contributed by atoms with Gasteiger partial charge in [-0.1, -0.05) is 6.07 Å². The molecule has 0 atom stereocenters. The van der Waals surface area contributed by atoms with Gasteiger partial charge in [-0.25, -0.2) is 4.57 Å². The number of hydrogen-bond acceptors (Lipinski definition) is 2. The number of nitrogens with zero attached hydrogens (tertiary/aromatic N) is 2. The first-order valence-electron chi connectivity index (χ1n) is 7.91. The van der Waals surface area contributed by atoms with Gasteiger partial charge in [0.1, 0.15) is 18.2 Å². The summed E-state index contributed by atoms with van der Waals surface area (Å²) in [5, 5.41) is 11.4. The minimum absolute atomic E-state index is 0.654. The molecule has 0 radical (unpaired) electrons. The van der Waals surface area contributed by atoms with Gasteiger partial charge in [-0.2, -0.15) is 5.26 Å². The fourth-order valence-electron chi connectivity index (χ4n) is 3.33. The van der Waals surface area contributed by atoms with E-state index < -0.39 is 0 Å². The van der Waals surface area contributed by atoms with E-state index in [1.165, 1.54) is 0 Å². The molecule has 4 rings (SSSR count). The van der Waals surface area contributed by atoms with Gasteiger partial charge in [-0.15, -0.1) is 0 Å². The molecule has 0 amide bonds. The number of hydrogen-bond donors (Lipinski definition) is 0. The van der Waals surface area contributed by atoms with Crippen molar-refractivity contribution in [3.63, 3.8) is 0 Å². The standard InChI is InChI=1S/C21H17N2O/c1-13-7-8-15(12-22)20-17-11-16(18-6-4-5-9-23(18)3)14(2)10-19(17)24-21(13)20/h4-11H,1-3H3/q+1. The fourth-order valence-corrected chi connectivity index (χ4v) is 3.33. The molecule has 2 aromatic heterocycles. The fraction of sp³-hybridized carbons (Fsp3) is 0.143. The summed E-state index contributed by atoms with van der Waals surface area (Å²) in [6.07, 6.45) is 2.04. The van der Waals surface area contributed by atoms with Gasteiger partial charge in [0.25, 0.3) is 0 Å². The number of rotatable bonds is 1. The van der Waals surface area contributed by atoms with E-state index in [9.17, 15) is 5.26 Å². The first-order valence-corrected chi connectivity index (χ1v) is 7.91. The molecule has 0 aliphatic heterocycles. The lowest BCUT2D eigenvalue weighted by Gasteiger charge is -2.04. The van der Waals surface area contributed by atoms with Crippen LogP contribution in [-0.4, -0.2) is 0 Å². The third-order valence-corrected chi connectivity index (χ3v) is 4.61. The second kappa shape index (κ2) is 5.21. The Labute approximate surface area is 140 Å². The largest absolute Gasteiger partial charge is 0.456 e. The predicted molar refractivity (Wildman–Crippen MR) is 94.5 cm³/mol. The molecule has 2 aromatic carbocycles. The van der Waals surface area contributed by atoms with Crippen LogP contribution in [0.1, 0.15) is 16.7 Å². The van der Waals surface area contributed by atoms with Crippen molar-refractivity contribution >= 4 is 21.9 Å². The van der Waals surface area contributed by atoms with Crippen molar-refractivity contribution in [1.29, 1.82) is 5.26 Å². The molecule has 4 aromatic rings. The van der Waals surface area contributed by atoms with Crippen LogP contribution in [0.15, 0.2) is 53.1 Å². The van der Waals surface area contributed by atoms with Crippen LogP contribution in [0.2, 0.25) is 0 Å². The van der Waals surface area contributed by atoms with Crippen molar-refractivity contribution in [3.05, 3.63) is 65.4 Å². The molecule has 2 heterocycles. The molecular weight excluding hydrogens is 296 g/mol. The van der Waals surface area contributed by atoms with Crippen molar-refractivity contribution < 1.29 is 8.98 Å². The maximum absolute atomic E-state index is 9.49. The van der Waals surface area contributed by atoms with E-state index in [1.807, 2.05) is 44.4 Å². The van der Waals surface area contributed by atoms with Gasteiger partial charge < -0.3 is 4.42 Å². The Morgan fingerprint density at radius 1 is 1.04 bits per heavy atom. The highest BCUT2D eigenvalue weighted by molar-refractivity contribution is 6.10. The van der Waals surface area contributed by atoms with Gasteiger partial charge in [0, 0.05) is 28.5 Å². The second-order valence-corrected chi connectivity index (χ2v) is 6.21. The third kappa shape index (κ3) is 2.00. The Kier molecular flexibility index (Phi) is 3.14. The van der Waals surface area contributed by atoms with E-state index >= 15 is 0 Å². The molecule has 0 unspecified atom stereocenters. The van der Waals surface area contributed by atoms with Crippen molar-refractivity contribution in [2.45, 2.75) is 13.8 Å². The molecule has 0 aliphatic carbocycles. The van der Waals surface area contributed by atoms with Gasteiger partial charge in [0.05, 0.1) is 11.6 Å². The summed E-state index contributed by atoms with van der Waals surface area (Å²) in [6, 6.07) is 16.5. The van der Waals surface area contributed by atoms with E-state index in [-0.39, 0.29) is 0 Å². The summed E-state index contributed by atoms with van der Waals surface area (Å²) in [7, 11) is 2.04. The quantitative estimate of drug-likeness (QED) is 0.483. The van der Waals surface area contributed by atoms with Crippen molar-refractivity contribution in [2.24, 2.45) is 7.05 Å².